The van der Waals surface area contributed by atoms with Crippen LogP contribution in [-0.4, -0.2) is 23.9 Å². The average molecular weight is 273 g/mol. The van der Waals surface area contributed by atoms with E-state index in [0.29, 0.717) is 0 Å². The minimum absolute atomic E-state index is 0.970. The molecule has 5 aromatic rings. The van der Waals surface area contributed by atoms with Crippen LogP contribution >= 0.6 is 0 Å². The van der Waals surface area contributed by atoms with Gasteiger partial charge in [-0.05, 0) is 18.2 Å². The summed E-state index contributed by atoms with van der Waals surface area (Å²) in [6.07, 6.45) is 7.37. The van der Waals surface area contributed by atoms with Gasteiger partial charge in [-0.3, -0.25) is 9.38 Å². The van der Waals surface area contributed by atoms with E-state index >= 15 is 0 Å². The van der Waals surface area contributed by atoms with Crippen LogP contribution in [0.15, 0.2) is 49.3 Å². The van der Waals surface area contributed by atoms with Crippen molar-refractivity contribution in [2.75, 3.05) is 0 Å². The molecule has 0 atom stereocenters. The number of fused-ring (bicyclic) bond motifs is 7. The molecule has 5 heteroatoms. The molecule has 0 aliphatic carbocycles. The number of pyridine rings is 2. The highest BCUT2D eigenvalue weighted by molar-refractivity contribution is 6.13. The molecule has 1 aromatic carbocycles. The number of aryl methyl sites for hydroxylation is 1. The highest BCUT2D eigenvalue weighted by Gasteiger charge is 2.11. The largest absolute Gasteiger partial charge is 0.334 e. The summed E-state index contributed by atoms with van der Waals surface area (Å²) in [4.78, 5) is 13.3. The molecular weight excluding hydrogens is 262 g/mol. The van der Waals surface area contributed by atoms with E-state index in [1.165, 1.54) is 0 Å². The van der Waals surface area contributed by atoms with Gasteiger partial charge in [0.1, 0.15) is 0 Å². The lowest BCUT2D eigenvalue weighted by Crippen LogP contribution is -1.92. The number of benzene rings is 1. The van der Waals surface area contributed by atoms with Crippen LogP contribution < -0.4 is 0 Å². The first kappa shape index (κ1) is 10.8. The number of hydrogen-bond acceptors (Lipinski definition) is 3. The molecule has 0 aliphatic heterocycles. The maximum atomic E-state index is 4.53. The highest BCUT2D eigenvalue weighted by Crippen LogP contribution is 2.30. The zero-order valence-corrected chi connectivity index (χ0v) is 11.4. The number of rotatable bonds is 0. The first-order valence-electron chi connectivity index (χ1n) is 6.76. The third-order valence-corrected chi connectivity index (χ3v) is 4.08. The molecule has 21 heavy (non-hydrogen) atoms. The number of aromatic nitrogens is 5. The fourth-order valence-electron chi connectivity index (χ4n) is 3.07. The summed E-state index contributed by atoms with van der Waals surface area (Å²) in [6, 6.07) is 8.37. The molecule has 0 unspecified atom stereocenters. The smallest absolute Gasteiger partial charge is 0.0997 e. The summed E-state index contributed by atoms with van der Waals surface area (Å²) >= 11 is 0. The molecule has 0 saturated heterocycles. The van der Waals surface area contributed by atoms with E-state index in [4.69, 9.17) is 0 Å². The predicted octanol–water partition coefficient (Wildman–Crippen LogP) is 2.92. The fourth-order valence-corrected chi connectivity index (χ4v) is 3.07. The highest BCUT2D eigenvalue weighted by atomic mass is 15.0. The van der Waals surface area contributed by atoms with Gasteiger partial charge in [0.25, 0.3) is 0 Å². The van der Waals surface area contributed by atoms with E-state index in [0.717, 1.165) is 38.4 Å². The summed E-state index contributed by atoms with van der Waals surface area (Å²) in [5.74, 6) is 0. The predicted molar refractivity (Wildman–Crippen MR) is 82.3 cm³/mol. The van der Waals surface area contributed by atoms with E-state index in [2.05, 4.69) is 37.6 Å². The standard InChI is InChI=1S/C16H11N5/c1-20-9-19-12-5-11-10-3-2-4-18-16(10)15-7-17-8-21(15)13(11)6-14(12)20/h2-9H,1H3. The molecule has 4 aromatic heterocycles. The maximum absolute atomic E-state index is 4.53. The molecule has 0 aliphatic rings. The van der Waals surface area contributed by atoms with Gasteiger partial charge in [0.2, 0.25) is 0 Å². The second-order valence-electron chi connectivity index (χ2n) is 5.26. The molecular formula is C16H11N5. The van der Waals surface area contributed by atoms with Crippen molar-refractivity contribution >= 4 is 38.4 Å². The van der Waals surface area contributed by atoms with Gasteiger partial charge in [0, 0.05) is 24.0 Å². The lowest BCUT2D eigenvalue weighted by Gasteiger charge is -2.08. The van der Waals surface area contributed by atoms with Gasteiger partial charge >= 0.3 is 0 Å². The molecule has 100 valence electrons. The third kappa shape index (κ3) is 1.27. The lowest BCUT2D eigenvalue weighted by molar-refractivity contribution is 0.948. The van der Waals surface area contributed by atoms with Crippen LogP contribution in [0.4, 0.5) is 0 Å². The van der Waals surface area contributed by atoms with E-state index in [-0.39, 0.29) is 0 Å². The van der Waals surface area contributed by atoms with E-state index in [1.807, 2.05) is 42.7 Å². The van der Waals surface area contributed by atoms with Crippen LogP contribution in [0.5, 0.6) is 0 Å². The molecule has 0 fully saturated rings. The van der Waals surface area contributed by atoms with Crippen molar-refractivity contribution in [3.05, 3.63) is 49.3 Å². The first-order valence-corrected chi connectivity index (χ1v) is 6.76. The number of hydrogen-bond donors (Lipinski definition) is 0. The van der Waals surface area contributed by atoms with Gasteiger partial charge in [0.15, 0.2) is 0 Å². The molecule has 0 amide bonds. The summed E-state index contributed by atoms with van der Waals surface area (Å²) < 4.78 is 4.13. The van der Waals surface area contributed by atoms with Gasteiger partial charge in [0.05, 0.1) is 46.4 Å². The van der Waals surface area contributed by atoms with Crippen LogP contribution in [0.25, 0.3) is 38.4 Å². The Bertz CT molecular complexity index is 1150. The minimum Gasteiger partial charge on any atom is -0.334 e. The summed E-state index contributed by atoms with van der Waals surface area (Å²) in [5.41, 5.74) is 5.23. The first-order chi connectivity index (χ1) is 10.3. The Hall–Kier alpha value is -2.95. The van der Waals surface area contributed by atoms with Crippen molar-refractivity contribution < 1.29 is 0 Å². The Morgan fingerprint density at radius 3 is 2.86 bits per heavy atom. The second kappa shape index (κ2) is 3.58. The van der Waals surface area contributed by atoms with Gasteiger partial charge < -0.3 is 4.57 Å². The molecule has 0 radical (unpaired) electrons. The Balaban J connectivity index is 2.19. The van der Waals surface area contributed by atoms with Gasteiger partial charge in [-0.2, -0.15) is 0 Å². The third-order valence-electron chi connectivity index (χ3n) is 4.08. The molecule has 0 N–H and O–H groups in total. The molecule has 0 spiro atoms. The summed E-state index contributed by atoms with van der Waals surface area (Å²) in [7, 11) is 2.01. The average Bonchev–Trinajstić information content (AvgIpc) is 3.14. The lowest BCUT2D eigenvalue weighted by atomic mass is 10.1. The molecule has 0 bridgehead atoms. The Morgan fingerprint density at radius 1 is 0.952 bits per heavy atom. The normalized spacial score (nSPS) is 12.0. The van der Waals surface area contributed by atoms with E-state index < -0.39 is 0 Å². The van der Waals surface area contributed by atoms with Gasteiger partial charge in [-0.1, -0.05) is 6.07 Å². The Morgan fingerprint density at radius 2 is 1.90 bits per heavy atom. The molecule has 0 saturated carbocycles. The van der Waals surface area contributed by atoms with Crippen molar-refractivity contribution in [1.29, 1.82) is 0 Å². The van der Waals surface area contributed by atoms with E-state index in [9.17, 15) is 0 Å². The van der Waals surface area contributed by atoms with Crippen molar-refractivity contribution in [2.24, 2.45) is 7.05 Å². The van der Waals surface area contributed by atoms with Gasteiger partial charge in [-0.25, -0.2) is 9.97 Å². The van der Waals surface area contributed by atoms with Crippen LogP contribution in [-0.2, 0) is 7.05 Å². The van der Waals surface area contributed by atoms with Crippen LogP contribution in [0.2, 0.25) is 0 Å². The SMILES string of the molecule is Cn1cnc2cc3c4cccnc4c4cncn4c3cc21. The summed E-state index contributed by atoms with van der Waals surface area (Å²) in [5, 5.41) is 2.28. The van der Waals surface area contributed by atoms with Crippen molar-refractivity contribution in [1.82, 2.24) is 23.9 Å². The monoisotopic (exact) mass is 273 g/mol. The number of nitrogens with zero attached hydrogens (tertiary/aromatic N) is 5. The van der Waals surface area contributed by atoms with Crippen molar-refractivity contribution in [3.8, 4) is 0 Å². The second-order valence-corrected chi connectivity index (χ2v) is 5.26. The summed E-state index contributed by atoms with van der Waals surface area (Å²) in [6.45, 7) is 0. The minimum atomic E-state index is 0.970. The van der Waals surface area contributed by atoms with Crippen LogP contribution in [0.1, 0.15) is 0 Å². The topological polar surface area (TPSA) is 48.0 Å². The quantitative estimate of drug-likeness (QED) is 0.408. The van der Waals surface area contributed by atoms with Crippen LogP contribution in [0, 0.1) is 0 Å². The molecule has 5 rings (SSSR count). The van der Waals surface area contributed by atoms with Crippen molar-refractivity contribution in [3.63, 3.8) is 0 Å². The zero-order chi connectivity index (χ0) is 14.0. The fraction of sp³-hybridized carbons (Fsp3) is 0.0625. The molecule has 5 nitrogen and oxygen atoms in total. The zero-order valence-electron chi connectivity index (χ0n) is 11.4. The molecule has 4 heterocycles. The van der Waals surface area contributed by atoms with E-state index in [1.54, 1.807) is 0 Å². The Kier molecular flexibility index (Phi) is 1.84. The van der Waals surface area contributed by atoms with Crippen LogP contribution in [0.3, 0.4) is 0 Å². The number of imidazole rings is 2. The maximum Gasteiger partial charge on any atom is 0.0997 e. The van der Waals surface area contributed by atoms with Crippen molar-refractivity contribution in [2.45, 2.75) is 0 Å². The Labute approximate surface area is 119 Å². The van der Waals surface area contributed by atoms with Gasteiger partial charge in [-0.15, -0.1) is 0 Å².